The van der Waals surface area contributed by atoms with Gasteiger partial charge < -0.3 is 4.74 Å². The van der Waals surface area contributed by atoms with Crippen LogP contribution in [0.5, 0.6) is 5.75 Å². The van der Waals surface area contributed by atoms with Crippen molar-refractivity contribution in [2.75, 3.05) is 7.11 Å². The lowest BCUT2D eigenvalue weighted by Crippen LogP contribution is -1.81. The van der Waals surface area contributed by atoms with Gasteiger partial charge in [0.15, 0.2) is 0 Å². The first-order chi connectivity index (χ1) is 6.40. The Bertz CT molecular complexity index is 386. The highest BCUT2D eigenvalue weighted by Crippen LogP contribution is 2.24. The molecule has 4 heteroatoms. The van der Waals surface area contributed by atoms with E-state index in [1.54, 1.807) is 13.3 Å². The van der Waals surface area contributed by atoms with Gasteiger partial charge in [-0.25, -0.2) is 0 Å². The highest BCUT2D eigenvalue weighted by molar-refractivity contribution is 7.09. The van der Waals surface area contributed by atoms with Crippen molar-refractivity contribution in [2.45, 2.75) is 0 Å². The molecule has 0 aliphatic heterocycles. The minimum absolute atomic E-state index is 0.853. The number of methoxy groups -OCH3 is 1. The zero-order valence-electron chi connectivity index (χ0n) is 7.10. The molecule has 0 unspecified atom stereocenters. The molecule has 66 valence electrons. The average molecular weight is 192 g/mol. The van der Waals surface area contributed by atoms with E-state index >= 15 is 0 Å². The Kier molecular flexibility index (Phi) is 2.23. The zero-order valence-corrected chi connectivity index (χ0v) is 7.91. The van der Waals surface area contributed by atoms with Gasteiger partial charge in [-0.2, -0.15) is 0 Å². The first-order valence-electron chi connectivity index (χ1n) is 3.82. The van der Waals surface area contributed by atoms with Gasteiger partial charge in [0.25, 0.3) is 0 Å². The fourth-order valence-corrected chi connectivity index (χ4v) is 1.58. The predicted molar refractivity (Wildman–Crippen MR) is 51.9 cm³/mol. The summed E-state index contributed by atoms with van der Waals surface area (Å²) in [5.74, 6) is 0.853. The van der Waals surface area contributed by atoms with E-state index < -0.39 is 0 Å². The SMILES string of the molecule is COc1cccc(-c2cnns2)c1. The van der Waals surface area contributed by atoms with Crippen LogP contribution in [0.15, 0.2) is 30.5 Å². The van der Waals surface area contributed by atoms with Crippen molar-refractivity contribution in [3.63, 3.8) is 0 Å². The van der Waals surface area contributed by atoms with E-state index in [0.717, 1.165) is 16.2 Å². The maximum Gasteiger partial charge on any atom is 0.119 e. The third-order valence-corrected chi connectivity index (χ3v) is 2.43. The lowest BCUT2D eigenvalue weighted by molar-refractivity contribution is 0.415. The average Bonchev–Trinajstić information content (AvgIpc) is 2.71. The minimum atomic E-state index is 0.853. The molecule has 0 aliphatic rings. The molecular weight excluding hydrogens is 184 g/mol. The van der Waals surface area contributed by atoms with Crippen LogP contribution in [0.4, 0.5) is 0 Å². The highest BCUT2D eigenvalue weighted by atomic mass is 32.1. The van der Waals surface area contributed by atoms with Crippen LogP contribution < -0.4 is 4.74 Å². The molecule has 1 aromatic carbocycles. The predicted octanol–water partition coefficient (Wildman–Crippen LogP) is 2.21. The van der Waals surface area contributed by atoms with E-state index in [2.05, 4.69) is 9.59 Å². The zero-order chi connectivity index (χ0) is 9.10. The molecule has 1 aromatic heterocycles. The van der Waals surface area contributed by atoms with Gasteiger partial charge in [-0.3, -0.25) is 0 Å². The maximum atomic E-state index is 5.12. The van der Waals surface area contributed by atoms with Gasteiger partial charge in [-0.1, -0.05) is 16.6 Å². The van der Waals surface area contributed by atoms with E-state index in [9.17, 15) is 0 Å². The van der Waals surface area contributed by atoms with Crippen LogP contribution in [-0.2, 0) is 0 Å². The number of benzene rings is 1. The molecule has 2 aromatic rings. The molecule has 3 nitrogen and oxygen atoms in total. The lowest BCUT2D eigenvalue weighted by Gasteiger charge is -2.00. The summed E-state index contributed by atoms with van der Waals surface area (Å²) in [6.45, 7) is 0. The number of aromatic nitrogens is 2. The van der Waals surface area contributed by atoms with E-state index in [0.29, 0.717) is 0 Å². The molecule has 0 amide bonds. The highest BCUT2D eigenvalue weighted by Gasteiger charge is 2.00. The number of rotatable bonds is 2. The Labute approximate surface area is 80.2 Å². The third kappa shape index (κ3) is 1.67. The van der Waals surface area contributed by atoms with Crippen LogP contribution in [0, 0.1) is 0 Å². The van der Waals surface area contributed by atoms with Crippen LogP contribution >= 0.6 is 11.5 Å². The third-order valence-electron chi connectivity index (χ3n) is 1.72. The summed E-state index contributed by atoms with van der Waals surface area (Å²) in [4.78, 5) is 1.05. The standard InChI is InChI=1S/C9H8N2OS/c1-12-8-4-2-3-7(5-8)9-6-10-11-13-9/h2-6H,1H3. The smallest absolute Gasteiger partial charge is 0.119 e. The van der Waals surface area contributed by atoms with Crippen molar-refractivity contribution in [1.82, 2.24) is 9.59 Å². The number of hydrogen-bond donors (Lipinski definition) is 0. The van der Waals surface area contributed by atoms with E-state index in [4.69, 9.17) is 4.74 Å². The van der Waals surface area contributed by atoms with Gasteiger partial charge in [0.05, 0.1) is 18.2 Å². The van der Waals surface area contributed by atoms with Gasteiger partial charge in [0.1, 0.15) is 5.75 Å². The van der Waals surface area contributed by atoms with Gasteiger partial charge in [-0.05, 0) is 29.2 Å². The van der Waals surface area contributed by atoms with E-state index in [1.165, 1.54) is 11.5 Å². The molecule has 0 saturated heterocycles. The van der Waals surface area contributed by atoms with Gasteiger partial charge in [0, 0.05) is 0 Å². The summed E-state index contributed by atoms with van der Waals surface area (Å²) in [5, 5.41) is 3.78. The summed E-state index contributed by atoms with van der Waals surface area (Å²) in [6, 6.07) is 7.85. The second-order valence-corrected chi connectivity index (χ2v) is 3.30. The van der Waals surface area contributed by atoms with Crippen LogP contribution in [-0.4, -0.2) is 16.7 Å². The molecule has 0 spiro atoms. The van der Waals surface area contributed by atoms with Crippen molar-refractivity contribution in [2.24, 2.45) is 0 Å². The van der Waals surface area contributed by atoms with Crippen molar-refractivity contribution in [3.05, 3.63) is 30.5 Å². The summed E-state index contributed by atoms with van der Waals surface area (Å²) < 4.78 is 8.92. The number of ether oxygens (including phenoxy) is 1. The van der Waals surface area contributed by atoms with Crippen LogP contribution in [0.3, 0.4) is 0 Å². The largest absolute Gasteiger partial charge is 0.497 e. The maximum absolute atomic E-state index is 5.12. The van der Waals surface area contributed by atoms with Crippen LogP contribution in [0.25, 0.3) is 10.4 Å². The van der Waals surface area contributed by atoms with Crippen molar-refractivity contribution in [3.8, 4) is 16.2 Å². The molecule has 0 N–H and O–H groups in total. The second-order valence-electron chi connectivity index (χ2n) is 2.51. The van der Waals surface area contributed by atoms with Crippen LogP contribution in [0.2, 0.25) is 0 Å². The molecule has 0 radical (unpaired) electrons. The lowest BCUT2D eigenvalue weighted by atomic mass is 10.2. The Morgan fingerprint density at radius 2 is 2.31 bits per heavy atom. The molecular formula is C9H8N2OS. The van der Waals surface area contributed by atoms with Gasteiger partial charge >= 0.3 is 0 Å². The summed E-state index contributed by atoms with van der Waals surface area (Å²) in [7, 11) is 1.66. The first kappa shape index (κ1) is 8.19. The quantitative estimate of drug-likeness (QED) is 0.731. The molecule has 0 atom stereocenters. The number of hydrogen-bond acceptors (Lipinski definition) is 4. The number of nitrogens with zero attached hydrogens (tertiary/aromatic N) is 2. The fraction of sp³-hybridized carbons (Fsp3) is 0.111. The second kappa shape index (κ2) is 3.53. The molecule has 0 bridgehead atoms. The van der Waals surface area contributed by atoms with Crippen LogP contribution in [0.1, 0.15) is 0 Å². The fourth-order valence-electron chi connectivity index (χ4n) is 1.07. The van der Waals surface area contributed by atoms with E-state index in [-0.39, 0.29) is 0 Å². The molecule has 0 saturated carbocycles. The Hall–Kier alpha value is -1.42. The molecule has 0 aliphatic carbocycles. The Morgan fingerprint density at radius 3 is 3.00 bits per heavy atom. The topological polar surface area (TPSA) is 35.0 Å². The molecule has 1 heterocycles. The first-order valence-corrected chi connectivity index (χ1v) is 4.59. The molecule has 0 fully saturated rings. The molecule has 13 heavy (non-hydrogen) atoms. The minimum Gasteiger partial charge on any atom is -0.497 e. The van der Waals surface area contributed by atoms with E-state index in [1.807, 2.05) is 24.3 Å². The van der Waals surface area contributed by atoms with Crippen molar-refractivity contribution >= 4 is 11.5 Å². The normalized spacial score (nSPS) is 9.92. The summed E-state index contributed by atoms with van der Waals surface area (Å²) in [6.07, 6.45) is 1.75. The van der Waals surface area contributed by atoms with Gasteiger partial charge in [0.2, 0.25) is 0 Å². The monoisotopic (exact) mass is 192 g/mol. The van der Waals surface area contributed by atoms with Gasteiger partial charge in [-0.15, -0.1) is 5.10 Å². The molecule has 2 rings (SSSR count). The van der Waals surface area contributed by atoms with Crippen molar-refractivity contribution in [1.29, 1.82) is 0 Å². The Balaban J connectivity index is 2.41. The Morgan fingerprint density at radius 1 is 1.38 bits per heavy atom. The summed E-state index contributed by atoms with van der Waals surface area (Å²) in [5.41, 5.74) is 1.09. The van der Waals surface area contributed by atoms with Crippen molar-refractivity contribution < 1.29 is 4.74 Å². The summed E-state index contributed by atoms with van der Waals surface area (Å²) >= 11 is 1.38.